The lowest BCUT2D eigenvalue weighted by atomic mass is 10.4. The smallest absolute Gasteiger partial charge is 0.213 e. The summed E-state index contributed by atoms with van der Waals surface area (Å²) in [5.41, 5.74) is 0. The maximum absolute atomic E-state index is 9.73. The summed E-state index contributed by atoms with van der Waals surface area (Å²) < 4.78 is 0. The van der Waals surface area contributed by atoms with E-state index in [9.17, 15) is 4.80 Å². The zero-order valence-electron chi connectivity index (χ0n) is 7.26. The molecule has 0 saturated heterocycles. The van der Waals surface area contributed by atoms with E-state index in [1.165, 1.54) is 5.19 Å². The molecule has 1 rings (SSSR count). The van der Waals surface area contributed by atoms with Gasteiger partial charge in [0.15, 0.2) is 0 Å². The summed E-state index contributed by atoms with van der Waals surface area (Å²) in [4.78, 5) is 9.73. The number of hydrogen-bond acceptors (Lipinski definition) is 1. The van der Waals surface area contributed by atoms with Crippen LogP contribution >= 0.6 is 0 Å². The summed E-state index contributed by atoms with van der Waals surface area (Å²) in [5.74, 6) is 0. The molecule has 0 fully saturated rings. The van der Waals surface area contributed by atoms with Crippen LogP contribution in [0.1, 0.15) is 0 Å². The van der Waals surface area contributed by atoms with Gasteiger partial charge in [-0.3, -0.25) is 0 Å². The highest BCUT2D eigenvalue weighted by molar-refractivity contribution is 6.83. The van der Waals surface area contributed by atoms with Crippen LogP contribution in [0.4, 0.5) is 0 Å². The predicted molar refractivity (Wildman–Crippen MR) is 55.3 cm³/mol. The van der Waals surface area contributed by atoms with E-state index in [2.05, 4.69) is 24.3 Å². The van der Waals surface area contributed by atoms with Crippen LogP contribution < -0.4 is 10.4 Å². The third-order valence-electron chi connectivity index (χ3n) is 1.76. The van der Waals surface area contributed by atoms with Gasteiger partial charge in [-0.1, -0.05) is 29.5 Å². The monoisotopic (exact) mass is 182 g/mol. The molecule has 1 N–H and O–H groups in total. The Hall–Kier alpha value is -0.386. The Bertz CT molecular complexity index is 235. The lowest BCUT2D eigenvalue weighted by Crippen LogP contribution is -2.41. The van der Waals surface area contributed by atoms with Gasteiger partial charge in [0.1, 0.15) is 0 Å². The van der Waals surface area contributed by atoms with E-state index < -0.39 is 8.32 Å². The van der Waals surface area contributed by atoms with Gasteiger partial charge in [0.2, 0.25) is 8.32 Å². The molecule has 0 unspecified atom stereocenters. The summed E-state index contributed by atoms with van der Waals surface area (Å²) in [6, 6.07) is 8.31. The molecule has 1 aromatic carbocycles. The SMILES string of the molecule is C[Si](C)(O)c1ccc([SiH3])cc1. The maximum atomic E-state index is 9.73. The average molecular weight is 182 g/mol. The first-order chi connectivity index (χ1) is 5.00. The lowest BCUT2D eigenvalue weighted by Gasteiger charge is -2.13. The summed E-state index contributed by atoms with van der Waals surface area (Å²) in [5, 5.41) is 2.50. The minimum atomic E-state index is -2.04. The van der Waals surface area contributed by atoms with Gasteiger partial charge in [-0.25, -0.2) is 0 Å². The summed E-state index contributed by atoms with van der Waals surface area (Å²) in [6.07, 6.45) is 0. The Labute approximate surface area is 71.6 Å². The average Bonchev–Trinajstić information content (AvgIpc) is 1.86. The van der Waals surface area contributed by atoms with E-state index in [0.717, 1.165) is 15.4 Å². The van der Waals surface area contributed by atoms with Crippen molar-refractivity contribution in [1.29, 1.82) is 0 Å². The quantitative estimate of drug-likeness (QED) is 0.557. The Balaban J connectivity index is 2.99. The normalized spacial score (nSPS) is 11.9. The Morgan fingerprint density at radius 2 is 1.64 bits per heavy atom. The maximum Gasteiger partial charge on any atom is 0.213 e. The van der Waals surface area contributed by atoms with Crippen molar-refractivity contribution in [1.82, 2.24) is 0 Å². The van der Waals surface area contributed by atoms with Crippen molar-refractivity contribution >= 4 is 28.9 Å². The van der Waals surface area contributed by atoms with E-state index in [1.807, 2.05) is 13.1 Å². The van der Waals surface area contributed by atoms with Crippen LogP contribution in [0.3, 0.4) is 0 Å². The van der Waals surface area contributed by atoms with Gasteiger partial charge >= 0.3 is 0 Å². The molecular weight excluding hydrogens is 168 g/mol. The molecule has 0 aromatic heterocycles. The zero-order valence-corrected chi connectivity index (χ0v) is 10.3. The first-order valence-corrected chi connectivity index (χ1v) is 7.74. The molecule has 0 heterocycles. The summed E-state index contributed by atoms with van der Waals surface area (Å²) in [7, 11) is -0.949. The van der Waals surface area contributed by atoms with E-state index in [4.69, 9.17) is 0 Å². The minimum absolute atomic E-state index is 1.09. The molecule has 0 spiro atoms. The molecule has 0 bridgehead atoms. The highest BCUT2D eigenvalue weighted by Gasteiger charge is 2.18. The molecular formula is C8H14OSi2. The van der Waals surface area contributed by atoms with E-state index in [1.54, 1.807) is 0 Å². The van der Waals surface area contributed by atoms with Crippen molar-refractivity contribution in [2.75, 3.05) is 0 Å². The van der Waals surface area contributed by atoms with Crippen molar-refractivity contribution < 1.29 is 4.80 Å². The molecule has 0 aliphatic carbocycles. The number of hydrogen-bond donors (Lipinski definition) is 1. The van der Waals surface area contributed by atoms with E-state index in [0.29, 0.717) is 0 Å². The minimum Gasteiger partial charge on any atom is -0.428 e. The second-order valence-corrected chi connectivity index (χ2v) is 8.28. The molecule has 1 nitrogen and oxygen atoms in total. The second-order valence-electron chi connectivity index (χ2n) is 3.43. The van der Waals surface area contributed by atoms with Gasteiger partial charge in [-0.05, 0) is 18.3 Å². The second kappa shape index (κ2) is 2.93. The van der Waals surface area contributed by atoms with Crippen molar-refractivity contribution in [3.8, 4) is 0 Å². The summed E-state index contributed by atoms with van der Waals surface area (Å²) >= 11 is 0. The van der Waals surface area contributed by atoms with Crippen LogP contribution in [0.25, 0.3) is 0 Å². The molecule has 1 aromatic rings. The van der Waals surface area contributed by atoms with E-state index >= 15 is 0 Å². The van der Waals surface area contributed by atoms with Gasteiger partial charge in [-0.2, -0.15) is 0 Å². The van der Waals surface area contributed by atoms with Crippen molar-refractivity contribution in [3.05, 3.63) is 24.3 Å². The van der Waals surface area contributed by atoms with Crippen LogP contribution in [0, 0.1) is 0 Å². The molecule has 0 saturated carbocycles. The van der Waals surface area contributed by atoms with Crippen LogP contribution in [-0.4, -0.2) is 23.4 Å². The highest BCUT2D eigenvalue weighted by Crippen LogP contribution is 1.95. The number of benzene rings is 1. The third-order valence-corrected chi connectivity index (χ3v) is 4.17. The lowest BCUT2D eigenvalue weighted by molar-refractivity contribution is 0.568. The molecule has 0 aliphatic heterocycles. The Morgan fingerprint density at radius 1 is 1.18 bits per heavy atom. The van der Waals surface area contributed by atoms with Crippen molar-refractivity contribution in [2.45, 2.75) is 13.1 Å². The molecule has 0 amide bonds. The van der Waals surface area contributed by atoms with Crippen LogP contribution in [0.5, 0.6) is 0 Å². The molecule has 11 heavy (non-hydrogen) atoms. The Morgan fingerprint density at radius 3 is 2.00 bits per heavy atom. The first-order valence-electron chi connectivity index (χ1n) is 3.79. The highest BCUT2D eigenvalue weighted by atomic mass is 28.4. The third kappa shape index (κ3) is 2.29. The fraction of sp³-hybridized carbons (Fsp3) is 0.250. The fourth-order valence-corrected chi connectivity index (χ4v) is 2.28. The van der Waals surface area contributed by atoms with Gasteiger partial charge in [0, 0.05) is 10.2 Å². The fourth-order valence-electron chi connectivity index (χ4n) is 0.961. The predicted octanol–water partition coefficient (Wildman–Crippen LogP) is -0.918. The molecule has 60 valence electrons. The molecule has 3 heteroatoms. The van der Waals surface area contributed by atoms with Gasteiger partial charge in [0.05, 0.1) is 0 Å². The van der Waals surface area contributed by atoms with Gasteiger partial charge in [-0.15, -0.1) is 0 Å². The van der Waals surface area contributed by atoms with Crippen LogP contribution in [0.15, 0.2) is 24.3 Å². The Kier molecular flexibility index (Phi) is 2.32. The van der Waals surface area contributed by atoms with Crippen LogP contribution in [-0.2, 0) is 0 Å². The zero-order chi connectivity index (χ0) is 8.48. The first kappa shape index (κ1) is 8.71. The number of rotatable bonds is 1. The topological polar surface area (TPSA) is 20.2 Å². The van der Waals surface area contributed by atoms with Crippen LogP contribution in [0.2, 0.25) is 13.1 Å². The van der Waals surface area contributed by atoms with Gasteiger partial charge in [0.25, 0.3) is 0 Å². The molecule has 0 radical (unpaired) electrons. The van der Waals surface area contributed by atoms with Crippen molar-refractivity contribution in [2.24, 2.45) is 0 Å². The standard InChI is InChI=1S/C8H14OSi2/c1-11(2,9)8-5-3-7(10)4-6-8/h3-6,9H,1-2,10H3. The largest absolute Gasteiger partial charge is 0.428 e. The summed E-state index contributed by atoms with van der Waals surface area (Å²) in [6.45, 7) is 3.88. The molecule has 0 atom stereocenters. The van der Waals surface area contributed by atoms with Gasteiger partial charge < -0.3 is 4.80 Å². The van der Waals surface area contributed by atoms with Crippen molar-refractivity contribution in [3.63, 3.8) is 0 Å². The molecule has 0 aliphatic rings. The van der Waals surface area contributed by atoms with E-state index in [-0.39, 0.29) is 0 Å².